The van der Waals surface area contributed by atoms with Gasteiger partial charge in [-0.3, -0.25) is 4.79 Å². The van der Waals surface area contributed by atoms with Crippen molar-refractivity contribution in [1.82, 2.24) is 5.32 Å². The first-order chi connectivity index (χ1) is 8.77. The number of aryl methyl sites for hydroxylation is 1. The molecule has 19 heavy (non-hydrogen) atoms. The third-order valence-corrected chi connectivity index (χ3v) is 4.52. The fraction of sp³-hybridized carbons (Fsp3) is 0.462. The SMILES string of the molecule is Cc1ccc(C(=O)NC2CC(C)C2)cc1S(N)(=O)=O. The highest BCUT2D eigenvalue weighted by molar-refractivity contribution is 7.89. The zero-order chi connectivity index (χ0) is 14.2. The van der Waals surface area contributed by atoms with Gasteiger partial charge in [0.25, 0.3) is 5.91 Å². The summed E-state index contributed by atoms with van der Waals surface area (Å²) >= 11 is 0. The highest BCUT2D eigenvalue weighted by Crippen LogP contribution is 2.26. The molecule has 0 aliphatic heterocycles. The Bertz CT molecular complexity index is 604. The van der Waals surface area contributed by atoms with Crippen LogP contribution in [0, 0.1) is 12.8 Å². The molecule has 5 nitrogen and oxygen atoms in total. The van der Waals surface area contributed by atoms with Gasteiger partial charge in [0, 0.05) is 11.6 Å². The van der Waals surface area contributed by atoms with Crippen LogP contribution in [0.3, 0.4) is 0 Å². The van der Waals surface area contributed by atoms with Crippen molar-refractivity contribution < 1.29 is 13.2 Å². The Morgan fingerprint density at radius 2 is 2.00 bits per heavy atom. The second kappa shape index (κ2) is 4.94. The van der Waals surface area contributed by atoms with E-state index in [0.29, 0.717) is 17.0 Å². The van der Waals surface area contributed by atoms with Crippen LogP contribution < -0.4 is 10.5 Å². The van der Waals surface area contributed by atoms with E-state index in [1.165, 1.54) is 6.07 Å². The molecule has 1 aromatic carbocycles. The number of sulfonamides is 1. The van der Waals surface area contributed by atoms with Gasteiger partial charge in [0.05, 0.1) is 4.90 Å². The van der Waals surface area contributed by atoms with E-state index in [-0.39, 0.29) is 16.8 Å². The van der Waals surface area contributed by atoms with E-state index in [1.54, 1.807) is 19.1 Å². The van der Waals surface area contributed by atoms with Crippen LogP contribution in [0.1, 0.15) is 35.7 Å². The molecule has 1 amide bonds. The Labute approximate surface area is 113 Å². The van der Waals surface area contributed by atoms with Gasteiger partial charge < -0.3 is 5.32 Å². The lowest BCUT2D eigenvalue weighted by molar-refractivity contribution is 0.0896. The van der Waals surface area contributed by atoms with E-state index in [0.717, 1.165) is 12.8 Å². The van der Waals surface area contributed by atoms with Gasteiger partial charge in [-0.05, 0) is 43.4 Å². The zero-order valence-electron chi connectivity index (χ0n) is 11.0. The van der Waals surface area contributed by atoms with E-state index >= 15 is 0 Å². The monoisotopic (exact) mass is 282 g/mol. The molecule has 2 rings (SSSR count). The molecule has 3 N–H and O–H groups in total. The van der Waals surface area contributed by atoms with E-state index in [9.17, 15) is 13.2 Å². The Hall–Kier alpha value is -1.40. The summed E-state index contributed by atoms with van der Waals surface area (Å²) < 4.78 is 22.8. The average Bonchev–Trinajstić information content (AvgIpc) is 2.25. The van der Waals surface area contributed by atoms with Crippen molar-refractivity contribution in [3.63, 3.8) is 0 Å². The minimum atomic E-state index is -3.80. The van der Waals surface area contributed by atoms with Gasteiger partial charge in [-0.15, -0.1) is 0 Å². The number of primary sulfonamides is 1. The van der Waals surface area contributed by atoms with E-state index < -0.39 is 10.0 Å². The van der Waals surface area contributed by atoms with Crippen molar-refractivity contribution in [2.75, 3.05) is 0 Å². The number of carbonyl (C=O) groups is 1. The molecule has 0 heterocycles. The van der Waals surface area contributed by atoms with Crippen LogP contribution in [0.2, 0.25) is 0 Å². The van der Waals surface area contributed by atoms with Crippen LogP contribution in [0.25, 0.3) is 0 Å². The lowest BCUT2D eigenvalue weighted by Gasteiger charge is -2.33. The number of hydrogen-bond acceptors (Lipinski definition) is 3. The van der Waals surface area contributed by atoms with Crippen LogP contribution in [-0.4, -0.2) is 20.4 Å². The molecule has 1 aliphatic carbocycles. The van der Waals surface area contributed by atoms with Crippen LogP contribution in [0.4, 0.5) is 0 Å². The Kier molecular flexibility index (Phi) is 3.64. The molecule has 104 valence electrons. The number of rotatable bonds is 3. The van der Waals surface area contributed by atoms with Gasteiger partial charge >= 0.3 is 0 Å². The summed E-state index contributed by atoms with van der Waals surface area (Å²) in [5.41, 5.74) is 0.866. The maximum Gasteiger partial charge on any atom is 0.251 e. The number of nitrogens with two attached hydrogens (primary N) is 1. The normalized spacial score (nSPS) is 22.7. The molecule has 0 aromatic heterocycles. The molecule has 1 aliphatic rings. The summed E-state index contributed by atoms with van der Waals surface area (Å²) in [4.78, 5) is 12.0. The van der Waals surface area contributed by atoms with Gasteiger partial charge in [0.1, 0.15) is 0 Å². The number of benzene rings is 1. The second-order valence-corrected chi connectivity index (χ2v) is 6.80. The standard InChI is InChI=1S/C13H18N2O3S/c1-8-5-11(6-8)15-13(16)10-4-3-9(2)12(7-10)19(14,17)18/h3-4,7-8,11H,5-6H2,1-2H3,(H,15,16)(H2,14,17,18). The van der Waals surface area contributed by atoms with E-state index in [4.69, 9.17) is 5.14 Å². The summed E-state index contributed by atoms with van der Waals surface area (Å²) in [5, 5.41) is 8.01. The third-order valence-electron chi connectivity index (χ3n) is 3.47. The van der Waals surface area contributed by atoms with Gasteiger partial charge in [-0.25, -0.2) is 13.6 Å². The first-order valence-corrected chi connectivity index (χ1v) is 7.76. The first-order valence-electron chi connectivity index (χ1n) is 6.21. The maximum absolute atomic E-state index is 12.0. The third kappa shape index (κ3) is 3.13. The highest BCUT2D eigenvalue weighted by Gasteiger charge is 2.27. The Morgan fingerprint density at radius 3 is 2.53 bits per heavy atom. The number of nitrogens with one attached hydrogen (secondary N) is 1. The molecular formula is C13H18N2O3S. The molecule has 0 radical (unpaired) electrons. The molecular weight excluding hydrogens is 264 g/mol. The highest BCUT2D eigenvalue weighted by atomic mass is 32.2. The zero-order valence-corrected chi connectivity index (χ0v) is 11.8. The van der Waals surface area contributed by atoms with Crippen LogP contribution in [0.15, 0.2) is 23.1 Å². The van der Waals surface area contributed by atoms with Crippen molar-refractivity contribution in [3.8, 4) is 0 Å². The molecule has 6 heteroatoms. The topological polar surface area (TPSA) is 89.3 Å². The molecule has 0 saturated heterocycles. The summed E-state index contributed by atoms with van der Waals surface area (Å²) in [6, 6.07) is 4.74. The van der Waals surface area contributed by atoms with Gasteiger partial charge in [-0.1, -0.05) is 13.0 Å². The van der Waals surface area contributed by atoms with Gasteiger partial charge in [-0.2, -0.15) is 0 Å². The van der Waals surface area contributed by atoms with E-state index in [1.807, 2.05) is 0 Å². The predicted molar refractivity (Wildman–Crippen MR) is 72.2 cm³/mol. The largest absolute Gasteiger partial charge is 0.349 e. The number of carbonyl (C=O) groups excluding carboxylic acids is 1. The van der Waals surface area contributed by atoms with Crippen LogP contribution in [-0.2, 0) is 10.0 Å². The Balaban J connectivity index is 2.19. The summed E-state index contributed by atoms with van der Waals surface area (Å²) in [7, 11) is -3.80. The first kappa shape index (κ1) is 14.0. The van der Waals surface area contributed by atoms with Crippen molar-refractivity contribution in [3.05, 3.63) is 29.3 Å². The molecule has 0 atom stereocenters. The maximum atomic E-state index is 12.0. The van der Waals surface area contributed by atoms with Gasteiger partial charge in [0.15, 0.2) is 0 Å². The summed E-state index contributed by atoms with van der Waals surface area (Å²) in [6.07, 6.45) is 1.94. The molecule has 0 unspecified atom stereocenters. The average molecular weight is 282 g/mol. The van der Waals surface area contributed by atoms with Crippen molar-refractivity contribution in [1.29, 1.82) is 0 Å². The molecule has 1 fully saturated rings. The van der Waals surface area contributed by atoms with Crippen molar-refractivity contribution in [2.45, 2.75) is 37.6 Å². The molecule has 1 aromatic rings. The lowest BCUT2D eigenvalue weighted by Crippen LogP contribution is -2.43. The fourth-order valence-corrected chi connectivity index (χ4v) is 3.14. The Morgan fingerprint density at radius 1 is 1.37 bits per heavy atom. The lowest BCUT2D eigenvalue weighted by atomic mass is 9.82. The summed E-state index contributed by atoms with van der Waals surface area (Å²) in [5.74, 6) is 0.394. The molecule has 0 spiro atoms. The van der Waals surface area contributed by atoms with Gasteiger partial charge in [0.2, 0.25) is 10.0 Å². The number of amides is 1. The molecule has 0 bridgehead atoms. The number of hydrogen-bond donors (Lipinski definition) is 2. The second-order valence-electron chi connectivity index (χ2n) is 5.27. The van der Waals surface area contributed by atoms with E-state index in [2.05, 4.69) is 12.2 Å². The minimum absolute atomic E-state index is 0.00197. The smallest absolute Gasteiger partial charge is 0.251 e. The molecule has 1 saturated carbocycles. The predicted octanol–water partition coefficient (Wildman–Crippen LogP) is 1.17. The summed E-state index contributed by atoms with van der Waals surface area (Å²) in [6.45, 7) is 3.78. The van der Waals surface area contributed by atoms with Crippen molar-refractivity contribution in [2.24, 2.45) is 11.1 Å². The quantitative estimate of drug-likeness (QED) is 0.872. The van der Waals surface area contributed by atoms with Crippen molar-refractivity contribution >= 4 is 15.9 Å². The fourth-order valence-electron chi connectivity index (χ4n) is 2.34. The minimum Gasteiger partial charge on any atom is -0.349 e. The van der Waals surface area contributed by atoms with Crippen LogP contribution in [0.5, 0.6) is 0 Å². The van der Waals surface area contributed by atoms with Crippen LogP contribution >= 0.6 is 0 Å².